The van der Waals surface area contributed by atoms with E-state index in [4.69, 9.17) is 9.47 Å². The van der Waals surface area contributed by atoms with Crippen LogP contribution in [-0.2, 0) is 4.74 Å². The Morgan fingerprint density at radius 3 is 2.40 bits per heavy atom. The van der Waals surface area contributed by atoms with Crippen molar-refractivity contribution in [2.75, 3.05) is 30.9 Å². The number of nitrogens with zero attached hydrogens (tertiary/aromatic N) is 4. The average Bonchev–Trinajstić information content (AvgIpc) is 2.54. The lowest BCUT2D eigenvalue weighted by Gasteiger charge is -2.14. The molecule has 1 aromatic heterocycles. The quantitative estimate of drug-likeness (QED) is 0.766. The number of carbonyl (C=O) groups excluding carboxylic acids is 1. The summed E-state index contributed by atoms with van der Waals surface area (Å²) in [7, 11) is 3.68. The van der Waals surface area contributed by atoms with Gasteiger partial charge < -0.3 is 19.7 Å². The Bertz CT molecular complexity index is 717. The number of benzene rings is 1. The number of anilines is 2. The molecule has 0 bridgehead atoms. The molecule has 0 radical (unpaired) electrons. The molecule has 0 saturated heterocycles. The number of hydrogen-bond donors (Lipinski definition) is 1. The van der Waals surface area contributed by atoms with Crippen LogP contribution >= 0.6 is 0 Å². The third kappa shape index (κ3) is 5.30. The molecule has 25 heavy (non-hydrogen) atoms. The van der Waals surface area contributed by atoms with Crippen molar-refractivity contribution < 1.29 is 14.3 Å². The van der Waals surface area contributed by atoms with Gasteiger partial charge in [-0.05, 0) is 45.0 Å². The molecule has 0 unspecified atom stereocenters. The third-order valence-corrected chi connectivity index (χ3v) is 3.00. The number of carbonyl (C=O) groups is 1. The van der Waals surface area contributed by atoms with Gasteiger partial charge in [0.2, 0.25) is 11.9 Å². The van der Waals surface area contributed by atoms with Gasteiger partial charge in [-0.15, -0.1) is 0 Å². The van der Waals surface area contributed by atoms with Gasteiger partial charge in [-0.2, -0.15) is 15.0 Å². The first kappa shape index (κ1) is 18.4. The predicted octanol–water partition coefficient (Wildman–Crippen LogP) is 2.73. The number of hydrogen-bond acceptors (Lipinski definition) is 8. The fraction of sp³-hybridized carbons (Fsp3) is 0.412. The van der Waals surface area contributed by atoms with Crippen molar-refractivity contribution in [3.8, 4) is 11.8 Å². The number of aromatic nitrogens is 3. The van der Waals surface area contributed by atoms with Gasteiger partial charge in [-0.3, -0.25) is 0 Å². The van der Waals surface area contributed by atoms with Crippen molar-refractivity contribution in [3.05, 3.63) is 29.8 Å². The van der Waals surface area contributed by atoms with E-state index in [1.54, 1.807) is 36.1 Å². The zero-order valence-electron chi connectivity index (χ0n) is 15.1. The summed E-state index contributed by atoms with van der Waals surface area (Å²) < 4.78 is 10.7. The highest BCUT2D eigenvalue weighted by molar-refractivity contribution is 5.89. The number of esters is 1. The summed E-state index contributed by atoms with van der Waals surface area (Å²) in [6.07, 6.45) is 0. The highest BCUT2D eigenvalue weighted by Crippen LogP contribution is 2.21. The molecule has 1 N–H and O–H groups in total. The van der Waals surface area contributed by atoms with Crippen LogP contribution in [0.15, 0.2) is 24.3 Å². The molecular formula is C17H23N5O3. The molecule has 2 aromatic rings. The second-order valence-corrected chi connectivity index (χ2v) is 5.78. The van der Waals surface area contributed by atoms with E-state index in [0.29, 0.717) is 29.8 Å². The standard InChI is InChI=1S/C17H23N5O3/c1-6-24-14(23)12-7-9-13(10-8-12)25-17-20-15(18-11(2)3)19-16(21-17)22(4)5/h7-11H,6H2,1-5H3,(H,18,19,20,21). The topological polar surface area (TPSA) is 89.5 Å². The van der Waals surface area contributed by atoms with Gasteiger partial charge in [-0.1, -0.05) is 0 Å². The van der Waals surface area contributed by atoms with Crippen LogP contribution < -0.4 is 15.0 Å². The molecule has 1 heterocycles. The Hall–Kier alpha value is -2.90. The van der Waals surface area contributed by atoms with E-state index in [1.165, 1.54) is 0 Å². The molecule has 0 spiro atoms. The summed E-state index contributed by atoms with van der Waals surface area (Å²) in [5.74, 6) is 1.06. The van der Waals surface area contributed by atoms with E-state index in [9.17, 15) is 4.79 Å². The van der Waals surface area contributed by atoms with E-state index in [1.807, 2.05) is 27.9 Å². The minimum Gasteiger partial charge on any atom is -0.462 e. The fourth-order valence-electron chi connectivity index (χ4n) is 1.89. The molecule has 2 rings (SSSR count). The zero-order valence-corrected chi connectivity index (χ0v) is 15.1. The van der Waals surface area contributed by atoms with E-state index < -0.39 is 0 Å². The maximum Gasteiger partial charge on any atom is 0.338 e. The molecular weight excluding hydrogens is 322 g/mol. The van der Waals surface area contributed by atoms with Crippen LogP contribution in [0.2, 0.25) is 0 Å². The maximum atomic E-state index is 11.7. The largest absolute Gasteiger partial charge is 0.462 e. The SMILES string of the molecule is CCOC(=O)c1ccc(Oc2nc(NC(C)C)nc(N(C)C)n2)cc1. The Labute approximate surface area is 147 Å². The van der Waals surface area contributed by atoms with Crippen LogP contribution in [0.1, 0.15) is 31.1 Å². The van der Waals surface area contributed by atoms with Crippen LogP contribution in [0.4, 0.5) is 11.9 Å². The molecule has 0 atom stereocenters. The van der Waals surface area contributed by atoms with Crippen molar-refractivity contribution in [2.24, 2.45) is 0 Å². The highest BCUT2D eigenvalue weighted by atomic mass is 16.5. The fourth-order valence-corrected chi connectivity index (χ4v) is 1.89. The maximum absolute atomic E-state index is 11.7. The molecule has 134 valence electrons. The highest BCUT2D eigenvalue weighted by Gasteiger charge is 2.12. The van der Waals surface area contributed by atoms with Gasteiger partial charge >= 0.3 is 12.0 Å². The molecule has 0 aliphatic heterocycles. The summed E-state index contributed by atoms with van der Waals surface area (Å²) in [4.78, 5) is 26.3. The van der Waals surface area contributed by atoms with Gasteiger partial charge in [0.25, 0.3) is 0 Å². The first-order chi connectivity index (χ1) is 11.9. The van der Waals surface area contributed by atoms with Gasteiger partial charge in [0, 0.05) is 20.1 Å². The lowest BCUT2D eigenvalue weighted by Crippen LogP contribution is -2.18. The average molecular weight is 345 g/mol. The van der Waals surface area contributed by atoms with E-state index in [0.717, 1.165) is 0 Å². The third-order valence-electron chi connectivity index (χ3n) is 3.00. The Kier molecular flexibility index (Phi) is 6.10. The van der Waals surface area contributed by atoms with Crippen molar-refractivity contribution in [2.45, 2.75) is 26.8 Å². The molecule has 1 aromatic carbocycles. The zero-order chi connectivity index (χ0) is 18.4. The molecule has 8 heteroatoms. The minimum atomic E-state index is -0.368. The van der Waals surface area contributed by atoms with Crippen molar-refractivity contribution in [1.82, 2.24) is 15.0 Å². The van der Waals surface area contributed by atoms with Gasteiger partial charge in [0.05, 0.1) is 12.2 Å². The van der Waals surface area contributed by atoms with Crippen LogP contribution in [0.5, 0.6) is 11.8 Å². The molecule has 0 fully saturated rings. The van der Waals surface area contributed by atoms with E-state index in [2.05, 4.69) is 20.3 Å². The summed E-state index contributed by atoms with van der Waals surface area (Å²) in [5.41, 5.74) is 0.459. The first-order valence-electron chi connectivity index (χ1n) is 8.04. The Balaban J connectivity index is 2.20. The normalized spacial score (nSPS) is 10.5. The second kappa shape index (κ2) is 8.27. The molecule has 0 aliphatic carbocycles. The lowest BCUT2D eigenvalue weighted by molar-refractivity contribution is 0.0526. The predicted molar refractivity (Wildman–Crippen MR) is 95.4 cm³/mol. The molecule has 0 amide bonds. The summed E-state index contributed by atoms with van der Waals surface area (Å²) in [5, 5.41) is 3.13. The Morgan fingerprint density at radius 2 is 1.84 bits per heavy atom. The first-order valence-corrected chi connectivity index (χ1v) is 8.04. The van der Waals surface area contributed by atoms with Crippen LogP contribution in [0.3, 0.4) is 0 Å². The molecule has 8 nitrogen and oxygen atoms in total. The smallest absolute Gasteiger partial charge is 0.338 e. The Morgan fingerprint density at radius 1 is 1.16 bits per heavy atom. The second-order valence-electron chi connectivity index (χ2n) is 5.78. The summed E-state index contributed by atoms with van der Waals surface area (Å²) in [6.45, 7) is 6.09. The van der Waals surface area contributed by atoms with Crippen molar-refractivity contribution >= 4 is 17.9 Å². The van der Waals surface area contributed by atoms with Crippen LogP contribution in [0, 0.1) is 0 Å². The van der Waals surface area contributed by atoms with Crippen LogP contribution in [-0.4, -0.2) is 47.7 Å². The van der Waals surface area contributed by atoms with Gasteiger partial charge in [0.1, 0.15) is 5.75 Å². The lowest BCUT2D eigenvalue weighted by atomic mass is 10.2. The number of nitrogens with one attached hydrogen (secondary N) is 1. The van der Waals surface area contributed by atoms with Gasteiger partial charge in [0.15, 0.2) is 0 Å². The van der Waals surface area contributed by atoms with Crippen LogP contribution in [0.25, 0.3) is 0 Å². The number of ether oxygens (including phenoxy) is 2. The summed E-state index contributed by atoms with van der Waals surface area (Å²) >= 11 is 0. The number of rotatable bonds is 7. The van der Waals surface area contributed by atoms with Crippen molar-refractivity contribution in [1.29, 1.82) is 0 Å². The van der Waals surface area contributed by atoms with E-state index in [-0.39, 0.29) is 18.0 Å². The molecule has 0 aliphatic rings. The van der Waals surface area contributed by atoms with Gasteiger partial charge in [-0.25, -0.2) is 4.79 Å². The van der Waals surface area contributed by atoms with E-state index >= 15 is 0 Å². The minimum absolute atomic E-state index is 0.172. The summed E-state index contributed by atoms with van der Waals surface area (Å²) in [6, 6.07) is 6.95. The monoisotopic (exact) mass is 345 g/mol. The molecule has 0 saturated carbocycles. The van der Waals surface area contributed by atoms with Crippen molar-refractivity contribution in [3.63, 3.8) is 0 Å².